The molecule has 220 valence electrons. The average Bonchev–Trinajstić information content (AvgIpc) is 3.02. The van der Waals surface area contributed by atoms with Crippen LogP contribution in [0, 0.1) is 0 Å². The molecule has 3 aromatic carbocycles. The Morgan fingerprint density at radius 1 is 0.907 bits per heavy atom. The van der Waals surface area contributed by atoms with E-state index in [-0.39, 0.29) is 11.6 Å². The van der Waals surface area contributed by atoms with Gasteiger partial charge in [-0.15, -0.1) is 11.8 Å². The van der Waals surface area contributed by atoms with Crippen LogP contribution in [0.3, 0.4) is 0 Å². The molecular formula is C32H29ClN4O5S. The number of aromatic nitrogens is 1. The fourth-order valence-electron chi connectivity index (χ4n) is 3.87. The maximum absolute atomic E-state index is 13.3. The zero-order valence-corrected chi connectivity index (χ0v) is 25.2. The van der Waals surface area contributed by atoms with Gasteiger partial charge in [-0.2, -0.15) is 0 Å². The van der Waals surface area contributed by atoms with Crippen molar-refractivity contribution in [2.45, 2.75) is 17.1 Å². The number of thioether (sulfide) groups is 1. The monoisotopic (exact) mass is 616 g/mol. The van der Waals surface area contributed by atoms with Crippen LogP contribution in [0.2, 0.25) is 5.02 Å². The van der Waals surface area contributed by atoms with E-state index in [1.165, 1.54) is 26.0 Å². The number of ether oxygens (including phenoxy) is 2. The van der Waals surface area contributed by atoms with Crippen LogP contribution in [0.4, 0.5) is 11.4 Å². The van der Waals surface area contributed by atoms with Crippen LogP contribution in [0.1, 0.15) is 22.8 Å². The first kappa shape index (κ1) is 31.1. The minimum Gasteiger partial charge on any atom is -0.495 e. The molecular weight excluding hydrogens is 588 g/mol. The zero-order chi connectivity index (χ0) is 30.8. The van der Waals surface area contributed by atoms with Crippen molar-refractivity contribution in [3.8, 4) is 11.5 Å². The van der Waals surface area contributed by atoms with E-state index in [4.69, 9.17) is 21.1 Å². The number of hydrogen-bond acceptors (Lipinski definition) is 7. The number of carbonyl (C=O) groups is 3. The summed E-state index contributed by atoms with van der Waals surface area (Å²) < 4.78 is 10.6. The second-order valence-electron chi connectivity index (χ2n) is 9.08. The number of benzene rings is 3. The topological polar surface area (TPSA) is 119 Å². The number of halogens is 1. The third kappa shape index (κ3) is 8.60. The number of methoxy groups -OCH3 is 2. The molecule has 0 aliphatic rings. The Bertz CT molecular complexity index is 1630. The quantitative estimate of drug-likeness (QED) is 0.134. The summed E-state index contributed by atoms with van der Waals surface area (Å²) in [5, 5.41) is 8.20. The first-order valence-corrected chi connectivity index (χ1v) is 14.3. The minimum absolute atomic E-state index is 0.0414. The van der Waals surface area contributed by atoms with Crippen molar-refractivity contribution < 1.29 is 23.9 Å². The molecule has 3 amide bonds. The van der Waals surface area contributed by atoms with E-state index in [1.54, 1.807) is 98.2 Å². The van der Waals surface area contributed by atoms with E-state index in [0.717, 1.165) is 4.90 Å². The number of amides is 3. The molecule has 0 saturated carbocycles. The maximum atomic E-state index is 13.3. The molecule has 11 heteroatoms. The van der Waals surface area contributed by atoms with Crippen LogP contribution >= 0.6 is 23.4 Å². The second kappa shape index (κ2) is 14.9. The van der Waals surface area contributed by atoms with E-state index in [9.17, 15) is 14.4 Å². The highest BCUT2D eigenvalue weighted by Crippen LogP contribution is 2.36. The lowest BCUT2D eigenvalue weighted by Crippen LogP contribution is -2.30. The second-order valence-corrected chi connectivity index (χ2v) is 10.9. The molecule has 0 fully saturated rings. The Morgan fingerprint density at radius 3 is 2.37 bits per heavy atom. The lowest BCUT2D eigenvalue weighted by molar-refractivity contribution is -0.115. The van der Waals surface area contributed by atoms with Crippen molar-refractivity contribution in [2.24, 2.45) is 0 Å². The van der Waals surface area contributed by atoms with Gasteiger partial charge < -0.3 is 25.4 Å². The van der Waals surface area contributed by atoms with Crippen LogP contribution in [0.15, 0.2) is 102 Å². The highest BCUT2D eigenvalue weighted by Gasteiger charge is 2.19. The first-order chi connectivity index (χ1) is 20.8. The lowest BCUT2D eigenvalue weighted by Gasteiger charge is -2.16. The molecule has 4 aromatic rings. The molecule has 3 N–H and O–H groups in total. The molecule has 0 bridgehead atoms. The van der Waals surface area contributed by atoms with Gasteiger partial charge >= 0.3 is 0 Å². The predicted molar refractivity (Wildman–Crippen MR) is 170 cm³/mol. The summed E-state index contributed by atoms with van der Waals surface area (Å²) in [5.74, 6) is -0.388. The van der Waals surface area contributed by atoms with Crippen LogP contribution in [-0.4, -0.2) is 42.2 Å². The van der Waals surface area contributed by atoms with E-state index in [0.29, 0.717) is 39.0 Å². The molecule has 0 aliphatic heterocycles. The van der Waals surface area contributed by atoms with E-state index in [1.807, 2.05) is 6.07 Å². The molecule has 0 radical (unpaired) electrons. The summed E-state index contributed by atoms with van der Waals surface area (Å²) >= 11 is 7.54. The van der Waals surface area contributed by atoms with E-state index >= 15 is 0 Å². The fourth-order valence-corrected chi connectivity index (χ4v) is 5.03. The Kier molecular flexibility index (Phi) is 10.8. The van der Waals surface area contributed by atoms with Crippen molar-refractivity contribution in [1.82, 2.24) is 10.3 Å². The number of rotatable bonds is 11. The Labute approximate surface area is 258 Å². The molecule has 43 heavy (non-hydrogen) atoms. The molecule has 9 nitrogen and oxygen atoms in total. The zero-order valence-electron chi connectivity index (χ0n) is 23.6. The van der Waals surface area contributed by atoms with Crippen molar-refractivity contribution in [3.63, 3.8) is 0 Å². The van der Waals surface area contributed by atoms with Gasteiger partial charge in [0.1, 0.15) is 17.2 Å². The van der Waals surface area contributed by atoms with Crippen LogP contribution < -0.4 is 25.4 Å². The first-order valence-electron chi connectivity index (χ1n) is 13.1. The van der Waals surface area contributed by atoms with Gasteiger partial charge in [0.2, 0.25) is 5.91 Å². The lowest BCUT2D eigenvalue weighted by atomic mass is 10.2. The SMILES string of the molecule is COc1cc(OC)c(NC(=O)C(C)Sc2cccc(NC(=O)/C(=C/c3cccnc3)NC(=O)c3ccccc3)c2)cc1Cl. The van der Waals surface area contributed by atoms with Gasteiger partial charge in [0.15, 0.2) is 0 Å². The number of anilines is 2. The normalized spacial score (nSPS) is 11.7. The summed E-state index contributed by atoms with van der Waals surface area (Å²) in [4.78, 5) is 44.0. The van der Waals surface area contributed by atoms with Gasteiger partial charge in [0, 0.05) is 34.6 Å². The summed E-state index contributed by atoms with van der Waals surface area (Å²) in [5.41, 5.74) is 1.99. The van der Waals surface area contributed by atoms with Gasteiger partial charge in [-0.1, -0.05) is 41.9 Å². The molecule has 0 aliphatic carbocycles. The highest BCUT2D eigenvalue weighted by molar-refractivity contribution is 8.00. The summed E-state index contributed by atoms with van der Waals surface area (Å²) in [6.07, 6.45) is 4.75. The van der Waals surface area contributed by atoms with Gasteiger partial charge in [-0.05, 0) is 61.0 Å². The number of hydrogen-bond donors (Lipinski definition) is 3. The van der Waals surface area contributed by atoms with Gasteiger partial charge in [-0.25, -0.2) is 0 Å². The van der Waals surface area contributed by atoms with Crippen molar-refractivity contribution >= 4 is 58.5 Å². The van der Waals surface area contributed by atoms with Crippen LogP contribution in [0.25, 0.3) is 6.08 Å². The summed E-state index contributed by atoms with van der Waals surface area (Å²) in [6, 6.07) is 22.3. The molecule has 0 saturated heterocycles. The van der Waals surface area contributed by atoms with Crippen molar-refractivity contribution in [3.05, 3.63) is 113 Å². The van der Waals surface area contributed by atoms with Crippen molar-refractivity contribution in [1.29, 1.82) is 0 Å². The average molecular weight is 617 g/mol. The van der Waals surface area contributed by atoms with Crippen molar-refractivity contribution in [2.75, 3.05) is 24.9 Å². The Hall–Kier alpha value is -4.80. The summed E-state index contributed by atoms with van der Waals surface area (Å²) in [6.45, 7) is 1.76. The summed E-state index contributed by atoms with van der Waals surface area (Å²) in [7, 11) is 2.98. The molecule has 1 heterocycles. The Balaban J connectivity index is 1.46. The maximum Gasteiger partial charge on any atom is 0.272 e. The molecule has 1 atom stereocenters. The number of pyridine rings is 1. The number of nitrogens with zero attached hydrogens (tertiary/aromatic N) is 1. The highest BCUT2D eigenvalue weighted by atomic mass is 35.5. The fraction of sp³-hybridized carbons (Fsp3) is 0.125. The largest absolute Gasteiger partial charge is 0.495 e. The third-order valence-electron chi connectivity index (χ3n) is 6.03. The smallest absolute Gasteiger partial charge is 0.272 e. The minimum atomic E-state index is -0.524. The van der Waals surface area contributed by atoms with Gasteiger partial charge in [-0.3, -0.25) is 19.4 Å². The molecule has 1 aromatic heterocycles. The van der Waals surface area contributed by atoms with Crippen LogP contribution in [0.5, 0.6) is 11.5 Å². The molecule has 4 rings (SSSR count). The van der Waals surface area contributed by atoms with E-state index < -0.39 is 17.1 Å². The Morgan fingerprint density at radius 2 is 1.67 bits per heavy atom. The van der Waals surface area contributed by atoms with Crippen LogP contribution in [-0.2, 0) is 9.59 Å². The number of carbonyl (C=O) groups excluding carboxylic acids is 3. The molecule has 1 unspecified atom stereocenters. The standard InChI is InChI=1S/C32H29ClN4O5S/c1-20(30(38)36-26-17-25(33)28(41-2)18-29(26)42-3)43-24-13-7-12-23(16-24)35-32(40)27(15-21-9-8-14-34-19-21)37-31(39)22-10-5-4-6-11-22/h4-20H,1-3H3,(H,35,40)(H,36,38)(H,37,39)/b27-15-. The number of nitrogens with one attached hydrogen (secondary N) is 3. The third-order valence-corrected chi connectivity index (χ3v) is 7.42. The molecule has 0 spiro atoms. The van der Waals surface area contributed by atoms with Gasteiger partial charge in [0.05, 0.1) is 30.2 Å². The predicted octanol–water partition coefficient (Wildman–Crippen LogP) is 6.28. The van der Waals surface area contributed by atoms with Gasteiger partial charge in [0.25, 0.3) is 11.8 Å². The van der Waals surface area contributed by atoms with E-state index in [2.05, 4.69) is 20.9 Å².